The van der Waals surface area contributed by atoms with Crippen LogP contribution in [0, 0.1) is 0 Å². The van der Waals surface area contributed by atoms with Crippen LogP contribution in [0.5, 0.6) is 0 Å². The van der Waals surface area contributed by atoms with Crippen LogP contribution < -0.4 is 4.90 Å². The highest BCUT2D eigenvalue weighted by molar-refractivity contribution is 6.30. The van der Waals surface area contributed by atoms with Gasteiger partial charge in [-0.15, -0.1) is 0 Å². The highest BCUT2D eigenvalue weighted by atomic mass is 35.5. The zero-order valence-electron chi connectivity index (χ0n) is 16.2. The average Bonchev–Trinajstić information content (AvgIpc) is 3.04. The van der Waals surface area contributed by atoms with Gasteiger partial charge in [-0.05, 0) is 29.8 Å². The van der Waals surface area contributed by atoms with Gasteiger partial charge in [-0.2, -0.15) is 0 Å². The molecule has 6 heteroatoms. The van der Waals surface area contributed by atoms with Gasteiger partial charge in [0.1, 0.15) is 0 Å². The van der Waals surface area contributed by atoms with E-state index in [-0.39, 0.29) is 24.3 Å². The number of halogens is 1. The monoisotopic (exact) mass is 409 g/mol. The maximum atomic E-state index is 12.9. The molecule has 2 aliphatic rings. The summed E-state index contributed by atoms with van der Waals surface area (Å²) < 4.78 is 0. The standard InChI is InChI=1S/C23H24ClN3O2/c24-19-8-10-20(11-9-19)27-22(28)17-21(23(27)29)26-15-13-25(14-16-26)12-4-7-18-5-2-1-3-6-18/h1-11,21H,12-17H2/b7-4+. The van der Waals surface area contributed by atoms with Crippen LogP contribution in [0.3, 0.4) is 0 Å². The molecule has 0 aliphatic carbocycles. The van der Waals surface area contributed by atoms with Gasteiger partial charge in [0.05, 0.1) is 18.2 Å². The fourth-order valence-corrected chi connectivity index (χ4v) is 4.05. The first-order chi connectivity index (χ1) is 14.1. The Morgan fingerprint density at radius 2 is 1.62 bits per heavy atom. The van der Waals surface area contributed by atoms with E-state index in [9.17, 15) is 9.59 Å². The van der Waals surface area contributed by atoms with Crippen LogP contribution in [0.4, 0.5) is 5.69 Å². The molecule has 0 N–H and O–H groups in total. The molecular formula is C23H24ClN3O2. The minimum Gasteiger partial charge on any atom is -0.297 e. The molecule has 2 aromatic carbocycles. The third-order valence-corrected chi connectivity index (χ3v) is 5.78. The minimum absolute atomic E-state index is 0.130. The largest absolute Gasteiger partial charge is 0.297 e. The molecule has 0 saturated carbocycles. The van der Waals surface area contributed by atoms with Crippen molar-refractivity contribution in [1.29, 1.82) is 0 Å². The second-order valence-corrected chi connectivity index (χ2v) is 7.85. The van der Waals surface area contributed by atoms with Crippen molar-refractivity contribution >= 4 is 35.2 Å². The van der Waals surface area contributed by atoms with Gasteiger partial charge < -0.3 is 0 Å². The lowest BCUT2D eigenvalue weighted by Crippen LogP contribution is -2.52. The van der Waals surface area contributed by atoms with Crippen molar-refractivity contribution in [3.63, 3.8) is 0 Å². The Labute approximate surface area is 176 Å². The van der Waals surface area contributed by atoms with Crippen molar-refractivity contribution in [2.75, 3.05) is 37.6 Å². The van der Waals surface area contributed by atoms with Crippen molar-refractivity contribution in [3.05, 3.63) is 71.3 Å². The molecule has 2 aliphatic heterocycles. The van der Waals surface area contributed by atoms with Gasteiger partial charge in [-0.25, -0.2) is 4.90 Å². The van der Waals surface area contributed by atoms with Crippen LogP contribution in [0.1, 0.15) is 12.0 Å². The van der Waals surface area contributed by atoms with E-state index in [4.69, 9.17) is 11.6 Å². The van der Waals surface area contributed by atoms with Gasteiger partial charge >= 0.3 is 0 Å². The summed E-state index contributed by atoms with van der Waals surface area (Å²) >= 11 is 5.92. The maximum absolute atomic E-state index is 12.9. The van der Waals surface area contributed by atoms with Crippen LogP contribution in [0.25, 0.3) is 6.08 Å². The summed E-state index contributed by atoms with van der Waals surface area (Å²) in [5, 5.41) is 0.585. The summed E-state index contributed by atoms with van der Waals surface area (Å²) in [6.07, 6.45) is 4.56. The molecule has 0 radical (unpaired) electrons. The van der Waals surface area contributed by atoms with Gasteiger partial charge in [0, 0.05) is 37.7 Å². The molecule has 29 heavy (non-hydrogen) atoms. The minimum atomic E-state index is -0.361. The SMILES string of the molecule is O=C1CC(N2CCN(C/C=C/c3ccccc3)CC2)C(=O)N1c1ccc(Cl)cc1. The number of amides is 2. The Morgan fingerprint density at radius 1 is 0.931 bits per heavy atom. The molecule has 0 aromatic heterocycles. The molecule has 4 rings (SSSR count). The van der Waals surface area contributed by atoms with Crippen LogP contribution in [0.15, 0.2) is 60.7 Å². The highest BCUT2D eigenvalue weighted by Crippen LogP contribution is 2.27. The molecule has 2 saturated heterocycles. The van der Waals surface area contributed by atoms with E-state index < -0.39 is 0 Å². The van der Waals surface area contributed by atoms with E-state index in [0.717, 1.165) is 32.7 Å². The summed E-state index contributed by atoms with van der Waals surface area (Å²) in [5.74, 6) is -0.273. The number of carbonyl (C=O) groups excluding carboxylic acids is 2. The maximum Gasteiger partial charge on any atom is 0.251 e. The topological polar surface area (TPSA) is 43.9 Å². The molecular weight excluding hydrogens is 386 g/mol. The lowest BCUT2D eigenvalue weighted by molar-refractivity contribution is -0.123. The first-order valence-corrected chi connectivity index (χ1v) is 10.3. The van der Waals surface area contributed by atoms with Crippen LogP contribution in [-0.4, -0.2) is 60.4 Å². The normalized spacial score (nSPS) is 21.4. The zero-order valence-corrected chi connectivity index (χ0v) is 17.0. The Hall–Kier alpha value is -2.47. The summed E-state index contributed by atoms with van der Waals surface area (Å²) in [4.78, 5) is 31.2. The van der Waals surface area contributed by atoms with Gasteiger partial charge in [-0.1, -0.05) is 54.1 Å². The number of hydrogen-bond acceptors (Lipinski definition) is 4. The van der Waals surface area contributed by atoms with Crippen molar-refractivity contribution in [2.24, 2.45) is 0 Å². The zero-order chi connectivity index (χ0) is 20.2. The Kier molecular flexibility index (Phi) is 6.09. The molecule has 150 valence electrons. The second-order valence-electron chi connectivity index (χ2n) is 7.41. The van der Waals surface area contributed by atoms with Crippen molar-refractivity contribution in [3.8, 4) is 0 Å². The van der Waals surface area contributed by atoms with Gasteiger partial charge in [0.25, 0.3) is 5.91 Å². The summed E-state index contributed by atoms with van der Waals surface area (Å²) in [5.41, 5.74) is 1.79. The Balaban J connectivity index is 1.31. The number of benzene rings is 2. The Morgan fingerprint density at radius 3 is 2.31 bits per heavy atom. The lowest BCUT2D eigenvalue weighted by Gasteiger charge is -2.36. The second kappa shape index (κ2) is 8.91. The first-order valence-electron chi connectivity index (χ1n) is 9.92. The van der Waals surface area contributed by atoms with E-state index in [1.807, 2.05) is 18.2 Å². The summed E-state index contributed by atoms with van der Waals surface area (Å²) in [7, 11) is 0. The van der Waals surface area contributed by atoms with E-state index in [1.165, 1.54) is 10.5 Å². The first kappa shape index (κ1) is 19.8. The molecule has 0 spiro atoms. The van der Waals surface area contributed by atoms with E-state index in [1.54, 1.807) is 24.3 Å². The van der Waals surface area contributed by atoms with Crippen molar-refractivity contribution in [2.45, 2.75) is 12.5 Å². The fraction of sp³-hybridized carbons (Fsp3) is 0.304. The third kappa shape index (κ3) is 4.58. The summed E-state index contributed by atoms with van der Waals surface area (Å²) in [6.45, 7) is 4.24. The molecule has 2 aromatic rings. The van der Waals surface area contributed by atoms with Crippen LogP contribution in [0.2, 0.25) is 5.02 Å². The third-order valence-electron chi connectivity index (χ3n) is 5.53. The fourth-order valence-electron chi connectivity index (χ4n) is 3.92. The van der Waals surface area contributed by atoms with Crippen molar-refractivity contribution < 1.29 is 9.59 Å². The molecule has 0 bridgehead atoms. The lowest BCUT2D eigenvalue weighted by atomic mass is 10.1. The average molecular weight is 410 g/mol. The van der Waals surface area contributed by atoms with Gasteiger partial charge in [0.15, 0.2) is 0 Å². The number of anilines is 1. The van der Waals surface area contributed by atoms with E-state index >= 15 is 0 Å². The number of hydrogen-bond donors (Lipinski definition) is 0. The number of nitrogens with zero attached hydrogens (tertiary/aromatic N) is 3. The van der Waals surface area contributed by atoms with Crippen LogP contribution >= 0.6 is 11.6 Å². The molecule has 1 unspecified atom stereocenters. The highest BCUT2D eigenvalue weighted by Gasteiger charge is 2.43. The summed E-state index contributed by atoms with van der Waals surface area (Å²) in [6, 6.07) is 16.7. The molecule has 2 amide bonds. The predicted molar refractivity (Wildman–Crippen MR) is 116 cm³/mol. The van der Waals surface area contributed by atoms with Gasteiger partial charge in [0.2, 0.25) is 5.91 Å². The predicted octanol–water partition coefficient (Wildman–Crippen LogP) is 3.30. The number of imide groups is 1. The molecule has 2 fully saturated rings. The van der Waals surface area contributed by atoms with Crippen LogP contribution in [-0.2, 0) is 9.59 Å². The number of carbonyl (C=O) groups is 2. The quantitative estimate of drug-likeness (QED) is 0.711. The number of rotatable bonds is 5. The smallest absolute Gasteiger partial charge is 0.251 e. The molecule has 5 nitrogen and oxygen atoms in total. The van der Waals surface area contributed by atoms with E-state index in [2.05, 4.69) is 34.1 Å². The van der Waals surface area contributed by atoms with Crippen molar-refractivity contribution in [1.82, 2.24) is 9.80 Å². The van der Waals surface area contributed by atoms with E-state index in [0.29, 0.717) is 10.7 Å². The molecule has 1 atom stereocenters. The Bertz CT molecular complexity index is 890. The molecule has 2 heterocycles. The number of piperazine rings is 1. The van der Waals surface area contributed by atoms with Gasteiger partial charge in [-0.3, -0.25) is 19.4 Å².